The average molecular weight is 197 g/mol. The molecule has 5 nitrogen and oxygen atoms in total. The molecule has 1 aromatic heterocycles. The minimum Gasteiger partial charge on any atom is -0.476 e. The third-order valence-corrected chi connectivity index (χ3v) is 2.29. The Kier molecular flexibility index (Phi) is 2.49. The Morgan fingerprint density at radius 1 is 1.71 bits per heavy atom. The molecule has 0 spiro atoms. The van der Waals surface area contributed by atoms with E-state index in [1.807, 2.05) is 0 Å². The minimum absolute atomic E-state index is 0.0720. The van der Waals surface area contributed by atoms with E-state index in [1.165, 1.54) is 12.5 Å². The lowest BCUT2D eigenvalue weighted by Gasteiger charge is -2.24. The molecular weight excluding hydrogens is 186 g/mol. The smallest absolute Gasteiger partial charge is 0.358 e. The highest BCUT2D eigenvalue weighted by atomic mass is 16.5. The second-order valence-electron chi connectivity index (χ2n) is 3.35. The minimum atomic E-state index is -1.08. The van der Waals surface area contributed by atoms with Crippen LogP contribution in [0.25, 0.3) is 0 Å². The van der Waals surface area contributed by atoms with E-state index in [2.05, 4.69) is 5.16 Å². The number of carboxylic acids is 1. The summed E-state index contributed by atoms with van der Waals surface area (Å²) in [4.78, 5) is 10.5. The lowest BCUT2D eigenvalue weighted by atomic mass is 9.96. The summed E-state index contributed by atoms with van der Waals surface area (Å²) in [6.45, 7) is 0.310. The molecule has 0 aromatic carbocycles. The molecule has 1 saturated carbocycles. The molecule has 0 bridgehead atoms. The van der Waals surface area contributed by atoms with Crippen molar-refractivity contribution in [2.75, 3.05) is 0 Å². The summed E-state index contributed by atoms with van der Waals surface area (Å²) in [6.07, 6.45) is 3.69. The van der Waals surface area contributed by atoms with Gasteiger partial charge in [-0.2, -0.15) is 0 Å². The van der Waals surface area contributed by atoms with Crippen LogP contribution in [0.5, 0.6) is 0 Å². The van der Waals surface area contributed by atoms with Crippen LogP contribution in [0.1, 0.15) is 35.5 Å². The van der Waals surface area contributed by atoms with Crippen LogP contribution < -0.4 is 0 Å². The molecule has 0 unspecified atom stereocenters. The van der Waals surface area contributed by atoms with Crippen molar-refractivity contribution < 1.29 is 19.2 Å². The van der Waals surface area contributed by atoms with Crippen LogP contribution in [0.4, 0.5) is 0 Å². The first-order chi connectivity index (χ1) is 6.75. The maximum Gasteiger partial charge on any atom is 0.358 e. The van der Waals surface area contributed by atoms with Crippen molar-refractivity contribution in [1.29, 1.82) is 0 Å². The monoisotopic (exact) mass is 197 g/mol. The van der Waals surface area contributed by atoms with Crippen molar-refractivity contribution in [1.82, 2.24) is 5.16 Å². The van der Waals surface area contributed by atoms with E-state index in [1.54, 1.807) is 0 Å². The Morgan fingerprint density at radius 3 is 3.00 bits per heavy atom. The van der Waals surface area contributed by atoms with Gasteiger partial charge in [-0.3, -0.25) is 0 Å². The number of aromatic carboxylic acids is 1. The topological polar surface area (TPSA) is 72.6 Å². The highest BCUT2D eigenvalue weighted by Gasteiger charge is 2.19. The van der Waals surface area contributed by atoms with E-state index >= 15 is 0 Å². The van der Waals surface area contributed by atoms with E-state index in [9.17, 15) is 4.79 Å². The number of carbonyl (C=O) groups is 1. The number of aromatic nitrogens is 1. The Labute approximate surface area is 80.6 Å². The molecule has 76 valence electrons. The number of hydrogen-bond acceptors (Lipinski definition) is 4. The fourth-order valence-corrected chi connectivity index (χ4v) is 1.22. The zero-order valence-electron chi connectivity index (χ0n) is 7.60. The first kappa shape index (κ1) is 9.21. The molecule has 0 saturated heterocycles. The first-order valence-corrected chi connectivity index (χ1v) is 4.56. The molecule has 5 heteroatoms. The largest absolute Gasteiger partial charge is 0.476 e. The lowest BCUT2D eigenvalue weighted by molar-refractivity contribution is -0.0174. The molecule has 0 atom stereocenters. The SMILES string of the molecule is O=C(O)c1cc(COC2CCC2)on1. The first-order valence-electron chi connectivity index (χ1n) is 4.56. The summed E-state index contributed by atoms with van der Waals surface area (Å²) in [5.41, 5.74) is -0.0720. The van der Waals surface area contributed by atoms with Crippen LogP contribution in [-0.2, 0) is 11.3 Å². The normalized spacial score (nSPS) is 16.6. The van der Waals surface area contributed by atoms with Crippen LogP contribution in [-0.4, -0.2) is 22.3 Å². The second kappa shape index (κ2) is 3.79. The van der Waals surface area contributed by atoms with Gasteiger partial charge in [0.1, 0.15) is 6.61 Å². The number of hydrogen-bond donors (Lipinski definition) is 1. The van der Waals surface area contributed by atoms with E-state index in [4.69, 9.17) is 14.4 Å². The molecule has 0 amide bonds. The molecule has 1 fully saturated rings. The van der Waals surface area contributed by atoms with Gasteiger partial charge in [-0.25, -0.2) is 4.79 Å². The zero-order valence-corrected chi connectivity index (χ0v) is 7.60. The van der Waals surface area contributed by atoms with Crippen molar-refractivity contribution >= 4 is 5.97 Å². The van der Waals surface area contributed by atoms with Crippen molar-refractivity contribution in [3.05, 3.63) is 17.5 Å². The summed E-state index contributed by atoms with van der Waals surface area (Å²) in [5, 5.41) is 12.0. The van der Waals surface area contributed by atoms with Crippen molar-refractivity contribution in [3.8, 4) is 0 Å². The fraction of sp³-hybridized carbons (Fsp3) is 0.556. The van der Waals surface area contributed by atoms with Gasteiger partial charge in [0.25, 0.3) is 0 Å². The van der Waals surface area contributed by atoms with E-state index < -0.39 is 5.97 Å². The summed E-state index contributed by atoms with van der Waals surface area (Å²) in [7, 11) is 0. The summed E-state index contributed by atoms with van der Waals surface area (Å²) in [6, 6.07) is 1.39. The van der Waals surface area contributed by atoms with Crippen LogP contribution in [0.15, 0.2) is 10.6 Å². The highest BCUT2D eigenvalue weighted by molar-refractivity contribution is 5.85. The van der Waals surface area contributed by atoms with Gasteiger partial charge in [-0.05, 0) is 19.3 Å². The van der Waals surface area contributed by atoms with Gasteiger partial charge in [-0.15, -0.1) is 0 Å². The second-order valence-corrected chi connectivity index (χ2v) is 3.35. The Balaban J connectivity index is 1.86. The number of carboxylic acid groups (broad SMARTS) is 1. The number of rotatable bonds is 4. The molecule has 14 heavy (non-hydrogen) atoms. The standard InChI is InChI=1S/C9H11NO4/c11-9(12)8-4-7(14-10-8)5-13-6-2-1-3-6/h4,6H,1-3,5H2,(H,11,12). The maximum absolute atomic E-state index is 10.5. The van der Waals surface area contributed by atoms with Gasteiger partial charge < -0.3 is 14.4 Å². The van der Waals surface area contributed by atoms with Crippen molar-refractivity contribution in [2.45, 2.75) is 32.0 Å². The maximum atomic E-state index is 10.5. The molecule has 1 aromatic rings. The Bertz CT molecular complexity index is 329. The summed E-state index contributed by atoms with van der Waals surface area (Å²) < 4.78 is 10.2. The predicted octanol–water partition coefficient (Wildman–Crippen LogP) is 1.44. The lowest BCUT2D eigenvalue weighted by Crippen LogP contribution is -2.20. The van der Waals surface area contributed by atoms with Gasteiger partial charge in [0.05, 0.1) is 6.10 Å². The molecule has 0 radical (unpaired) electrons. The quantitative estimate of drug-likeness (QED) is 0.790. The third-order valence-electron chi connectivity index (χ3n) is 2.29. The number of nitrogens with zero attached hydrogens (tertiary/aromatic N) is 1. The molecule has 1 heterocycles. The predicted molar refractivity (Wildman–Crippen MR) is 45.9 cm³/mol. The van der Waals surface area contributed by atoms with Crippen LogP contribution >= 0.6 is 0 Å². The van der Waals surface area contributed by atoms with Crippen molar-refractivity contribution in [2.24, 2.45) is 0 Å². The molecular formula is C9H11NO4. The fourth-order valence-electron chi connectivity index (χ4n) is 1.22. The molecule has 1 N–H and O–H groups in total. The van der Waals surface area contributed by atoms with Crippen LogP contribution in [0, 0.1) is 0 Å². The summed E-state index contributed by atoms with van der Waals surface area (Å²) >= 11 is 0. The van der Waals surface area contributed by atoms with Crippen LogP contribution in [0.2, 0.25) is 0 Å². The van der Waals surface area contributed by atoms with E-state index in [0.717, 1.165) is 12.8 Å². The molecule has 2 rings (SSSR count). The Hall–Kier alpha value is -1.36. The van der Waals surface area contributed by atoms with E-state index in [0.29, 0.717) is 18.5 Å². The van der Waals surface area contributed by atoms with E-state index in [-0.39, 0.29) is 5.69 Å². The molecule has 0 aliphatic heterocycles. The highest BCUT2D eigenvalue weighted by Crippen LogP contribution is 2.23. The zero-order chi connectivity index (χ0) is 9.97. The summed E-state index contributed by atoms with van der Waals surface area (Å²) in [5.74, 6) is -0.613. The van der Waals surface area contributed by atoms with Gasteiger partial charge in [0.2, 0.25) is 0 Å². The third kappa shape index (κ3) is 1.93. The van der Waals surface area contributed by atoms with Crippen molar-refractivity contribution in [3.63, 3.8) is 0 Å². The van der Waals surface area contributed by atoms with Gasteiger partial charge in [0, 0.05) is 6.07 Å². The van der Waals surface area contributed by atoms with Gasteiger partial charge >= 0.3 is 5.97 Å². The van der Waals surface area contributed by atoms with Crippen LogP contribution in [0.3, 0.4) is 0 Å². The Morgan fingerprint density at radius 2 is 2.50 bits per heavy atom. The molecule has 1 aliphatic rings. The average Bonchev–Trinajstić information content (AvgIpc) is 2.50. The van der Waals surface area contributed by atoms with Gasteiger partial charge in [0.15, 0.2) is 11.5 Å². The van der Waals surface area contributed by atoms with Gasteiger partial charge in [-0.1, -0.05) is 5.16 Å². The number of ether oxygens (including phenoxy) is 1. The molecule has 1 aliphatic carbocycles.